The van der Waals surface area contributed by atoms with Gasteiger partial charge >= 0.3 is 0 Å². The van der Waals surface area contributed by atoms with Gasteiger partial charge in [-0.1, -0.05) is 23.4 Å². The Morgan fingerprint density at radius 3 is 2.43 bits per heavy atom. The summed E-state index contributed by atoms with van der Waals surface area (Å²) in [4.78, 5) is 28.8. The van der Waals surface area contributed by atoms with Gasteiger partial charge in [0.05, 0.1) is 17.3 Å². The number of benzene rings is 1. The summed E-state index contributed by atoms with van der Waals surface area (Å²) in [5, 5.41) is 10.4. The zero-order chi connectivity index (χ0) is 24.9. The van der Waals surface area contributed by atoms with E-state index in [1.54, 1.807) is 23.0 Å². The topological polar surface area (TPSA) is 88.9 Å². The zero-order valence-electron chi connectivity index (χ0n) is 19.4. The number of hydrogen-bond acceptors (Lipinski definition) is 4. The lowest BCUT2D eigenvalue weighted by molar-refractivity contribution is -0.119. The van der Waals surface area contributed by atoms with E-state index < -0.39 is 5.91 Å². The van der Waals surface area contributed by atoms with E-state index in [4.69, 9.17) is 11.6 Å². The fourth-order valence-corrected chi connectivity index (χ4v) is 4.42. The van der Waals surface area contributed by atoms with Crippen LogP contribution < -0.4 is 10.6 Å². The summed E-state index contributed by atoms with van der Waals surface area (Å²) >= 11 is 6.33. The maximum Gasteiger partial charge on any atom is 0.276 e. The summed E-state index contributed by atoms with van der Waals surface area (Å²) in [6.45, 7) is 3.34. The molecule has 1 aromatic carbocycles. The molecule has 1 saturated carbocycles. The Balaban J connectivity index is 1.45. The molecule has 1 aliphatic rings. The number of aryl methyl sites for hydroxylation is 1. The van der Waals surface area contributed by atoms with E-state index in [-0.39, 0.29) is 34.5 Å². The first-order valence-corrected chi connectivity index (χ1v) is 11.7. The molecule has 2 N–H and O–H groups in total. The Labute approximate surface area is 208 Å². The van der Waals surface area contributed by atoms with Crippen LogP contribution >= 0.6 is 11.6 Å². The molecule has 0 saturated heterocycles. The highest BCUT2D eigenvalue weighted by molar-refractivity contribution is 6.34. The second kappa shape index (κ2) is 10.7. The highest BCUT2D eigenvalue weighted by Gasteiger charge is 2.28. The highest BCUT2D eigenvalue weighted by Crippen LogP contribution is 2.31. The van der Waals surface area contributed by atoms with Crippen LogP contribution in [0, 0.1) is 24.6 Å². The van der Waals surface area contributed by atoms with Gasteiger partial charge < -0.3 is 10.6 Å². The molecule has 0 radical (unpaired) electrons. The van der Waals surface area contributed by atoms with E-state index in [1.807, 2.05) is 13.0 Å². The summed E-state index contributed by atoms with van der Waals surface area (Å²) in [6, 6.07) is 7.91. The van der Waals surface area contributed by atoms with Crippen molar-refractivity contribution in [3.05, 3.63) is 75.9 Å². The first-order chi connectivity index (χ1) is 16.8. The lowest BCUT2D eigenvalue weighted by Crippen LogP contribution is -2.37. The van der Waals surface area contributed by atoms with E-state index >= 15 is 0 Å². The quantitative estimate of drug-likeness (QED) is 0.518. The second-order valence-electron chi connectivity index (χ2n) is 8.59. The first kappa shape index (κ1) is 24.4. The molecule has 2 aromatic heterocycles. The Bertz CT molecular complexity index is 1300. The van der Waals surface area contributed by atoms with Crippen molar-refractivity contribution in [3.8, 4) is 11.8 Å². The molecule has 3 aromatic rings. The number of nitrogens with zero attached hydrogens (tertiary/aromatic N) is 3. The van der Waals surface area contributed by atoms with Gasteiger partial charge in [0.15, 0.2) is 0 Å². The molecule has 7 nitrogen and oxygen atoms in total. The van der Waals surface area contributed by atoms with Crippen LogP contribution in [0.3, 0.4) is 0 Å². The summed E-state index contributed by atoms with van der Waals surface area (Å²) in [5.41, 5.74) is 2.39. The normalized spacial score (nSPS) is 17.3. The summed E-state index contributed by atoms with van der Waals surface area (Å²) in [5.74, 6) is 5.63. The molecule has 2 heterocycles. The van der Waals surface area contributed by atoms with Crippen LogP contribution in [0.15, 0.2) is 42.7 Å². The van der Waals surface area contributed by atoms with Gasteiger partial charge in [-0.05, 0) is 68.5 Å². The van der Waals surface area contributed by atoms with Crippen molar-refractivity contribution in [1.82, 2.24) is 20.1 Å². The number of anilines is 1. The lowest BCUT2D eigenvalue weighted by Gasteiger charge is -2.29. The maximum absolute atomic E-state index is 13.1. The van der Waals surface area contributed by atoms with Crippen molar-refractivity contribution >= 4 is 29.2 Å². The Hall–Kier alpha value is -3.70. The standard InChI is InChI=1S/C26H25ClFN5O2/c1-16-13-19(4-3-18-5-7-20(28)8-6-18)14-29-25(16)32-26(35)24-23(27)15-30-33(24)22-11-9-21(10-12-22)31-17(2)34/h5-8,13-15,21-22H,9-12H2,1-2H3,(H,31,34)(H,29,32,35). The van der Waals surface area contributed by atoms with Gasteiger partial charge in [0.1, 0.15) is 17.3 Å². The van der Waals surface area contributed by atoms with Crippen molar-refractivity contribution < 1.29 is 14.0 Å². The fraction of sp³-hybridized carbons (Fsp3) is 0.308. The Morgan fingerprint density at radius 1 is 1.09 bits per heavy atom. The fourth-order valence-electron chi connectivity index (χ4n) is 4.20. The number of nitrogens with one attached hydrogen (secondary N) is 2. The van der Waals surface area contributed by atoms with Crippen LogP contribution in [0.25, 0.3) is 0 Å². The predicted octanol–water partition coefficient (Wildman–Crippen LogP) is 4.65. The average Bonchev–Trinajstić information content (AvgIpc) is 3.22. The molecule has 4 rings (SSSR count). The first-order valence-electron chi connectivity index (χ1n) is 11.4. The molecule has 0 atom stereocenters. The number of carbonyl (C=O) groups excluding carboxylic acids is 2. The number of halogens is 2. The van der Waals surface area contributed by atoms with Gasteiger partial charge in [-0.25, -0.2) is 9.37 Å². The summed E-state index contributed by atoms with van der Waals surface area (Å²) < 4.78 is 14.7. The van der Waals surface area contributed by atoms with Gasteiger partial charge in [-0.2, -0.15) is 5.10 Å². The molecular weight excluding hydrogens is 469 g/mol. The largest absolute Gasteiger partial charge is 0.354 e. The van der Waals surface area contributed by atoms with E-state index in [1.165, 1.54) is 25.3 Å². The predicted molar refractivity (Wildman–Crippen MR) is 132 cm³/mol. The molecule has 1 aliphatic carbocycles. The molecule has 180 valence electrons. The average molecular weight is 494 g/mol. The Morgan fingerprint density at radius 2 is 1.77 bits per heavy atom. The maximum atomic E-state index is 13.1. The van der Waals surface area contributed by atoms with Crippen molar-refractivity contribution in [2.45, 2.75) is 51.6 Å². The number of rotatable bonds is 4. The van der Waals surface area contributed by atoms with Gasteiger partial charge in [0.25, 0.3) is 5.91 Å². The van der Waals surface area contributed by atoms with Gasteiger partial charge in [-0.3, -0.25) is 14.3 Å². The van der Waals surface area contributed by atoms with Gasteiger partial charge in [-0.15, -0.1) is 0 Å². The molecule has 0 aliphatic heterocycles. The smallest absolute Gasteiger partial charge is 0.276 e. The molecule has 0 unspecified atom stereocenters. The van der Waals surface area contributed by atoms with Gasteiger partial charge in [0, 0.05) is 30.3 Å². The van der Waals surface area contributed by atoms with Crippen LogP contribution in [0.2, 0.25) is 5.02 Å². The third kappa shape index (κ3) is 6.06. The van der Waals surface area contributed by atoms with E-state index in [9.17, 15) is 14.0 Å². The molecule has 0 spiro atoms. The molecular formula is C26H25ClFN5O2. The lowest BCUT2D eigenvalue weighted by atomic mass is 9.91. The van der Waals surface area contributed by atoms with Crippen LogP contribution in [-0.4, -0.2) is 32.6 Å². The summed E-state index contributed by atoms with van der Waals surface area (Å²) in [7, 11) is 0. The minimum absolute atomic E-state index is 0.0198. The molecule has 1 fully saturated rings. The minimum Gasteiger partial charge on any atom is -0.354 e. The molecule has 2 amide bonds. The third-order valence-corrected chi connectivity index (χ3v) is 6.20. The van der Waals surface area contributed by atoms with Crippen molar-refractivity contribution in [3.63, 3.8) is 0 Å². The SMILES string of the molecule is CC(=O)NC1CCC(n2ncc(Cl)c2C(=O)Nc2ncc(C#Cc3ccc(F)cc3)cc2C)CC1. The van der Waals surface area contributed by atoms with E-state index in [0.717, 1.165) is 31.2 Å². The number of aromatic nitrogens is 3. The molecule has 35 heavy (non-hydrogen) atoms. The zero-order valence-corrected chi connectivity index (χ0v) is 20.2. The number of pyridine rings is 1. The van der Waals surface area contributed by atoms with Crippen molar-refractivity contribution in [2.24, 2.45) is 0 Å². The van der Waals surface area contributed by atoms with Crippen LogP contribution in [0.1, 0.15) is 65.8 Å². The third-order valence-electron chi connectivity index (χ3n) is 5.92. The van der Waals surface area contributed by atoms with Crippen molar-refractivity contribution in [2.75, 3.05) is 5.32 Å². The van der Waals surface area contributed by atoms with E-state index in [2.05, 4.69) is 32.6 Å². The minimum atomic E-state index is -0.391. The number of carbonyl (C=O) groups is 2. The number of hydrogen-bond donors (Lipinski definition) is 2. The molecule has 9 heteroatoms. The summed E-state index contributed by atoms with van der Waals surface area (Å²) in [6.07, 6.45) is 6.23. The second-order valence-corrected chi connectivity index (χ2v) is 9.00. The molecule has 0 bridgehead atoms. The van der Waals surface area contributed by atoms with E-state index in [0.29, 0.717) is 16.9 Å². The monoisotopic (exact) mass is 493 g/mol. The van der Waals surface area contributed by atoms with Crippen LogP contribution in [-0.2, 0) is 4.79 Å². The Kier molecular flexibility index (Phi) is 7.47. The number of amides is 2. The van der Waals surface area contributed by atoms with Crippen LogP contribution in [0.5, 0.6) is 0 Å². The van der Waals surface area contributed by atoms with Crippen LogP contribution in [0.4, 0.5) is 10.2 Å². The highest BCUT2D eigenvalue weighted by atomic mass is 35.5. The van der Waals surface area contributed by atoms with Crippen molar-refractivity contribution in [1.29, 1.82) is 0 Å². The van der Waals surface area contributed by atoms with Gasteiger partial charge in [0.2, 0.25) is 5.91 Å².